The molecule has 2 rings (SSSR count). The van der Waals surface area contributed by atoms with Crippen molar-refractivity contribution in [2.24, 2.45) is 5.73 Å². The predicted octanol–water partition coefficient (Wildman–Crippen LogP) is 3.77. The van der Waals surface area contributed by atoms with Crippen LogP contribution in [0.3, 0.4) is 0 Å². The van der Waals surface area contributed by atoms with Crippen molar-refractivity contribution in [3.63, 3.8) is 0 Å². The summed E-state index contributed by atoms with van der Waals surface area (Å²) >= 11 is 0. The Kier molecular flexibility index (Phi) is 5.05. The summed E-state index contributed by atoms with van der Waals surface area (Å²) in [5, 5.41) is 8.77. The van der Waals surface area contributed by atoms with Crippen LogP contribution in [0.4, 0.5) is 13.2 Å². The quantitative estimate of drug-likeness (QED) is 0.880. The number of aliphatic carboxylic acids is 1. The third-order valence-corrected chi connectivity index (χ3v) is 3.46. The van der Waals surface area contributed by atoms with Crippen LogP contribution in [-0.4, -0.2) is 11.1 Å². The van der Waals surface area contributed by atoms with Gasteiger partial charge in [0.1, 0.15) is 0 Å². The summed E-state index contributed by atoms with van der Waals surface area (Å²) in [5.74, 6) is -0.981. The van der Waals surface area contributed by atoms with Gasteiger partial charge in [-0.3, -0.25) is 4.79 Å². The molecule has 0 saturated carbocycles. The van der Waals surface area contributed by atoms with Gasteiger partial charge >= 0.3 is 12.1 Å². The molecule has 3 nitrogen and oxygen atoms in total. The van der Waals surface area contributed by atoms with Gasteiger partial charge in [-0.25, -0.2) is 0 Å². The molecule has 0 aliphatic heterocycles. The molecule has 1 atom stereocenters. The molecule has 0 spiro atoms. The third kappa shape index (κ3) is 4.82. The van der Waals surface area contributed by atoms with E-state index in [-0.39, 0.29) is 6.42 Å². The van der Waals surface area contributed by atoms with E-state index in [0.29, 0.717) is 12.0 Å². The summed E-state index contributed by atoms with van der Waals surface area (Å²) in [6, 6.07) is 11.5. The van der Waals surface area contributed by atoms with Crippen molar-refractivity contribution in [2.75, 3.05) is 0 Å². The smallest absolute Gasteiger partial charge is 0.416 e. The van der Waals surface area contributed by atoms with Gasteiger partial charge in [-0.05, 0) is 35.2 Å². The zero-order valence-electron chi connectivity index (χ0n) is 12.2. The second-order valence-electron chi connectivity index (χ2n) is 5.32. The van der Waals surface area contributed by atoms with Gasteiger partial charge in [-0.2, -0.15) is 13.2 Å². The number of rotatable bonds is 5. The standard InChI is InChI=1S/C17H16F3NO2/c18-17(19,20)14-6-4-11(5-7-14)8-12-2-1-3-13(9-12)15(21)10-16(22)23/h1-7,9,15H,8,10,21H2,(H,22,23). The minimum Gasteiger partial charge on any atom is -0.481 e. The number of nitrogens with two attached hydrogens (primary N) is 1. The fraction of sp³-hybridized carbons (Fsp3) is 0.235. The molecule has 2 aromatic rings. The lowest BCUT2D eigenvalue weighted by atomic mass is 9.98. The summed E-state index contributed by atoms with van der Waals surface area (Å²) in [4.78, 5) is 10.7. The minimum absolute atomic E-state index is 0.177. The van der Waals surface area contributed by atoms with Crippen LogP contribution < -0.4 is 5.73 Å². The Morgan fingerprint density at radius 1 is 1.09 bits per heavy atom. The Bertz CT molecular complexity index is 681. The predicted molar refractivity (Wildman–Crippen MR) is 79.9 cm³/mol. The lowest BCUT2D eigenvalue weighted by molar-refractivity contribution is -0.138. The van der Waals surface area contributed by atoms with Gasteiger partial charge in [0.2, 0.25) is 0 Å². The van der Waals surface area contributed by atoms with Crippen LogP contribution >= 0.6 is 0 Å². The lowest BCUT2D eigenvalue weighted by Crippen LogP contribution is -2.15. The third-order valence-electron chi connectivity index (χ3n) is 3.46. The number of hydrogen-bond donors (Lipinski definition) is 2. The Morgan fingerprint density at radius 3 is 2.30 bits per heavy atom. The molecule has 0 aliphatic rings. The fourth-order valence-electron chi connectivity index (χ4n) is 2.29. The van der Waals surface area contributed by atoms with E-state index < -0.39 is 23.8 Å². The zero-order chi connectivity index (χ0) is 17.0. The Balaban J connectivity index is 2.13. The first-order chi connectivity index (χ1) is 10.8. The molecule has 2 aromatic carbocycles. The van der Waals surface area contributed by atoms with Crippen molar-refractivity contribution in [3.05, 3.63) is 70.8 Å². The maximum absolute atomic E-state index is 12.5. The highest BCUT2D eigenvalue weighted by Crippen LogP contribution is 2.29. The zero-order valence-corrected chi connectivity index (χ0v) is 12.2. The summed E-state index contributed by atoms with van der Waals surface area (Å²) in [7, 11) is 0. The number of benzene rings is 2. The van der Waals surface area contributed by atoms with Crippen molar-refractivity contribution in [1.29, 1.82) is 0 Å². The fourth-order valence-corrected chi connectivity index (χ4v) is 2.29. The van der Waals surface area contributed by atoms with E-state index in [1.54, 1.807) is 18.2 Å². The van der Waals surface area contributed by atoms with Gasteiger partial charge in [-0.15, -0.1) is 0 Å². The number of hydrogen-bond acceptors (Lipinski definition) is 2. The molecule has 0 radical (unpaired) electrons. The van der Waals surface area contributed by atoms with E-state index in [9.17, 15) is 18.0 Å². The molecule has 0 aromatic heterocycles. The molecular formula is C17H16F3NO2. The van der Waals surface area contributed by atoms with Crippen molar-refractivity contribution in [3.8, 4) is 0 Å². The van der Waals surface area contributed by atoms with E-state index in [0.717, 1.165) is 23.3 Å². The van der Waals surface area contributed by atoms with Crippen LogP contribution in [0.5, 0.6) is 0 Å². The monoisotopic (exact) mass is 323 g/mol. The van der Waals surface area contributed by atoms with Crippen molar-refractivity contribution in [2.45, 2.75) is 25.1 Å². The second kappa shape index (κ2) is 6.83. The molecule has 122 valence electrons. The molecule has 3 N–H and O–H groups in total. The van der Waals surface area contributed by atoms with E-state index in [4.69, 9.17) is 10.8 Å². The Labute approximate surface area is 131 Å². The van der Waals surface area contributed by atoms with Crippen LogP contribution in [0.15, 0.2) is 48.5 Å². The van der Waals surface area contributed by atoms with Crippen LogP contribution in [0.2, 0.25) is 0 Å². The number of carbonyl (C=O) groups is 1. The molecular weight excluding hydrogens is 307 g/mol. The van der Waals surface area contributed by atoms with Crippen LogP contribution in [0.1, 0.15) is 34.7 Å². The maximum Gasteiger partial charge on any atom is 0.416 e. The summed E-state index contributed by atoms with van der Waals surface area (Å²) in [5.41, 5.74) is 7.43. The molecule has 0 bridgehead atoms. The van der Waals surface area contributed by atoms with Gasteiger partial charge in [0.05, 0.1) is 12.0 Å². The number of alkyl halides is 3. The molecule has 0 heterocycles. The Hall–Kier alpha value is -2.34. The van der Waals surface area contributed by atoms with Crippen molar-refractivity contribution in [1.82, 2.24) is 0 Å². The molecule has 0 aliphatic carbocycles. The van der Waals surface area contributed by atoms with Crippen LogP contribution in [0.25, 0.3) is 0 Å². The average Bonchev–Trinajstić information content (AvgIpc) is 2.46. The molecule has 1 unspecified atom stereocenters. The molecule has 23 heavy (non-hydrogen) atoms. The van der Waals surface area contributed by atoms with Crippen molar-refractivity contribution < 1.29 is 23.1 Å². The first kappa shape index (κ1) is 17.0. The van der Waals surface area contributed by atoms with Crippen LogP contribution in [-0.2, 0) is 17.4 Å². The van der Waals surface area contributed by atoms with Gasteiger partial charge in [-0.1, -0.05) is 36.4 Å². The molecule has 0 saturated heterocycles. The Morgan fingerprint density at radius 2 is 1.74 bits per heavy atom. The van der Waals surface area contributed by atoms with E-state index in [1.807, 2.05) is 6.07 Å². The highest BCUT2D eigenvalue weighted by atomic mass is 19.4. The van der Waals surface area contributed by atoms with Gasteiger partial charge < -0.3 is 10.8 Å². The maximum atomic E-state index is 12.5. The minimum atomic E-state index is -4.35. The largest absolute Gasteiger partial charge is 0.481 e. The lowest BCUT2D eigenvalue weighted by Gasteiger charge is -2.12. The van der Waals surface area contributed by atoms with Gasteiger partial charge in [0, 0.05) is 6.04 Å². The van der Waals surface area contributed by atoms with Crippen molar-refractivity contribution >= 4 is 5.97 Å². The van der Waals surface area contributed by atoms with E-state index in [1.165, 1.54) is 12.1 Å². The second-order valence-corrected chi connectivity index (χ2v) is 5.32. The topological polar surface area (TPSA) is 63.3 Å². The first-order valence-electron chi connectivity index (χ1n) is 6.98. The molecule has 0 amide bonds. The average molecular weight is 323 g/mol. The summed E-state index contributed by atoms with van der Waals surface area (Å²) in [6.07, 6.45) is -4.07. The number of halogens is 3. The highest BCUT2D eigenvalue weighted by molar-refractivity contribution is 5.67. The van der Waals surface area contributed by atoms with Gasteiger partial charge in [0.15, 0.2) is 0 Å². The number of carboxylic acids is 1. The molecule has 0 fully saturated rings. The highest BCUT2D eigenvalue weighted by Gasteiger charge is 2.29. The van der Waals surface area contributed by atoms with E-state index >= 15 is 0 Å². The van der Waals surface area contributed by atoms with E-state index in [2.05, 4.69) is 0 Å². The normalized spacial score (nSPS) is 12.9. The number of carboxylic acid groups (broad SMARTS) is 1. The SMILES string of the molecule is NC(CC(=O)O)c1cccc(Cc2ccc(C(F)(F)F)cc2)c1. The summed E-state index contributed by atoms with van der Waals surface area (Å²) < 4.78 is 37.6. The summed E-state index contributed by atoms with van der Waals surface area (Å²) in [6.45, 7) is 0. The first-order valence-corrected chi connectivity index (χ1v) is 6.98. The molecule has 6 heteroatoms. The van der Waals surface area contributed by atoms with Gasteiger partial charge in [0.25, 0.3) is 0 Å². The van der Waals surface area contributed by atoms with Crippen LogP contribution in [0, 0.1) is 0 Å².